The first-order chi connectivity index (χ1) is 10.3. The molecular formula is C15H13N3O2S. The lowest BCUT2D eigenvalue weighted by atomic mass is 10.2. The largest absolute Gasteiger partial charge is 0.461 e. The van der Waals surface area contributed by atoms with Crippen LogP contribution in [0.3, 0.4) is 0 Å². The molecular weight excluding hydrogens is 286 g/mol. The van der Waals surface area contributed by atoms with Gasteiger partial charge in [0, 0.05) is 6.20 Å². The van der Waals surface area contributed by atoms with E-state index in [1.54, 1.807) is 24.0 Å². The van der Waals surface area contributed by atoms with Gasteiger partial charge in [0.2, 0.25) is 0 Å². The van der Waals surface area contributed by atoms with Gasteiger partial charge < -0.3 is 4.74 Å². The summed E-state index contributed by atoms with van der Waals surface area (Å²) in [4.78, 5) is 21.3. The number of rotatable bonds is 4. The van der Waals surface area contributed by atoms with E-state index in [-0.39, 0.29) is 0 Å². The highest BCUT2D eigenvalue weighted by Crippen LogP contribution is 2.28. The van der Waals surface area contributed by atoms with Gasteiger partial charge in [0.15, 0.2) is 10.8 Å². The van der Waals surface area contributed by atoms with E-state index < -0.39 is 5.97 Å². The number of carbonyl (C=O) groups excluding carboxylic acids is 1. The summed E-state index contributed by atoms with van der Waals surface area (Å²) in [5, 5.41) is 0.689. The molecule has 106 valence electrons. The van der Waals surface area contributed by atoms with E-state index in [1.165, 1.54) is 17.5 Å². The molecule has 0 aliphatic carbocycles. The summed E-state index contributed by atoms with van der Waals surface area (Å²) in [6.07, 6.45) is 4.85. The van der Waals surface area contributed by atoms with Gasteiger partial charge >= 0.3 is 5.97 Å². The smallest absolute Gasteiger partial charge is 0.357 e. The van der Waals surface area contributed by atoms with Crippen LogP contribution in [-0.4, -0.2) is 27.1 Å². The monoisotopic (exact) mass is 299 g/mol. The van der Waals surface area contributed by atoms with Gasteiger partial charge in [-0.15, -0.1) is 0 Å². The summed E-state index contributed by atoms with van der Waals surface area (Å²) in [6, 6.07) is 9.99. The molecule has 0 saturated heterocycles. The van der Waals surface area contributed by atoms with Gasteiger partial charge in [-0.3, -0.25) is 4.57 Å². The van der Waals surface area contributed by atoms with Gasteiger partial charge in [0.1, 0.15) is 6.33 Å². The third-order valence-corrected chi connectivity index (χ3v) is 3.93. The number of thiazole rings is 1. The van der Waals surface area contributed by atoms with Crippen LogP contribution in [-0.2, 0) is 4.74 Å². The first-order valence-corrected chi connectivity index (χ1v) is 7.32. The van der Waals surface area contributed by atoms with Crippen molar-refractivity contribution in [2.45, 2.75) is 6.92 Å². The number of nitrogens with zero attached hydrogens (tertiary/aromatic N) is 3. The molecule has 0 amide bonds. The minimum atomic E-state index is -0.397. The van der Waals surface area contributed by atoms with Crippen LogP contribution in [0.15, 0.2) is 49.1 Å². The van der Waals surface area contributed by atoms with Crippen molar-refractivity contribution in [1.29, 1.82) is 0 Å². The quantitative estimate of drug-likeness (QED) is 0.694. The van der Waals surface area contributed by atoms with Crippen LogP contribution in [0, 0.1) is 0 Å². The molecule has 0 bridgehead atoms. The maximum Gasteiger partial charge on any atom is 0.357 e. The van der Waals surface area contributed by atoms with E-state index in [0.29, 0.717) is 17.4 Å². The molecule has 0 N–H and O–H groups in total. The number of aromatic nitrogens is 3. The van der Waals surface area contributed by atoms with Gasteiger partial charge in [0.05, 0.1) is 17.7 Å². The van der Waals surface area contributed by atoms with Gasteiger partial charge in [0.25, 0.3) is 0 Å². The molecule has 2 aromatic heterocycles. The first-order valence-electron chi connectivity index (χ1n) is 6.50. The normalized spacial score (nSPS) is 10.5. The van der Waals surface area contributed by atoms with Crippen molar-refractivity contribution < 1.29 is 9.53 Å². The molecule has 1 aromatic carbocycles. The van der Waals surface area contributed by atoms with Crippen molar-refractivity contribution in [1.82, 2.24) is 14.5 Å². The predicted molar refractivity (Wildman–Crippen MR) is 80.6 cm³/mol. The van der Waals surface area contributed by atoms with Crippen LogP contribution in [0.25, 0.3) is 15.6 Å². The Hall–Kier alpha value is -2.47. The van der Waals surface area contributed by atoms with Crippen LogP contribution in [0.5, 0.6) is 0 Å². The zero-order valence-electron chi connectivity index (χ0n) is 11.4. The lowest BCUT2D eigenvalue weighted by molar-refractivity contribution is 0.0517. The lowest BCUT2D eigenvalue weighted by Crippen LogP contribution is -2.10. The standard InChI is InChI=1S/C15H13N3O2S/c1-2-20-14(19)12-8-16-10-18(12)15-17-9-13(21-15)11-6-4-3-5-7-11/h3-10H,2H2,1H3. The van der Waals surface area contributed by atoms with Crippen molar-refractivity contribution in [2.75, 3.05) is 6.61 Å². The maximum atomic E-state index is 11.9. The average molecular weight is 299 g/mol. The van der Waals surface area contributed by atoms with E-state index >= 15 is 0 Å². The summed E-state index contributed by atoms with van der Waals surface area (Å²) in [5.41, 5.74) is 1.48. The number of hydrogen-bond acceptors (Lipinski definition) is 5. The van der Waals surface area contributed by atoms with Gasteiger partial charge in [-0.05, 0) is 12.5 Å². The molecule has 0 radical (unpaired) electrons. The molecule has 6 heteroatoms. The Morgan fingerprint density at radius 1 is 1.29 bits per heavy atom. The van der Waals surface area contributed by atoms with Crippen molar-refractivity contribution in [2.24, 2.45) is 0 Å². The summed E-state index contributed by atoms with van der Waals surface area (Å²) in [7, 11) is 0. The van der Waals surface area contributed by atoms with E-state index in [2.05, 4.69) is 9.97 Å². The Labute approximate surface area is 125 Å². The summed E-state index contributed by atoms with van der Waals surface area (Å²) in [6.45, 7) is 2.10. The SMILES string of the molecule is CCOC(=O)c1cncn1-c1ncc(-c2ccccc2)s1. The number of imidazole rings is 1. The van der Waals surface area contributed by atoms with E-state index in [1.807, 2.05) is 30.3 Å². The van der Waals surface area contributed by atoms with E-state index in [0.717, 1.165) is 10.4 Å². The van der Waals surface area contributed by atoms with E-state index in [9.17, 15) is 4.79 Å². The number of esters is 1. The second kappa shape index (κ2) is 5.88. The molecule has 0 fully saturated rings. The molecule has 2 heterocycles. The molecule has 0 aliphatic rings. The third kappa shape index (κ3) is 2.71. The van der Waals surface area contributed by atoms with Crippen LogP contribution in [0.1, 0.15) is 17.4 Å². The summed E-state index contributed by atoms with van der Waals surface area (Å²) in [5.74, 6) is -0.397. The van der Waals surface area contributed by atoms with Crippen LogP contribution in [0.2, 0.25) is 0 Å². The second-order valence-corrected chi connectivity index (χ2v) is 5.25. The van der Waals surface area contributed by atoms with Crippen molar-refractivity contribution in [3.8, 4) is 15.6 Å². The molecule has 0 aliphatic heterocycles. The molecule has 0 unspecified atom stereocenters. The van der Waals surface area contributed by atoms with Crippen molar-refractivity contribution >= 4 is 17.3 Å². The van der Waals surface area contributed by atoms with Crippen molar-refractivity contribution in [3.05, 3.63) is 54.7 Å². The number of carbonyl (C=O) groups is 1. The number of ether oxygens (including phenoxy) is 1. The highest BCUT2D eigenvalue weighted by atomic mass is 32.1. The molecule has 3 aromatic rings. The lowest BCUT2D eigenvalue weighted by Gasteiger charge is -2.03. The Bertz CT molecular complexity index is 749. The fourth-order valence-electron chi connectivity index (χ4n) is 1.92. The molecule has 0 atom stereocenters. The Balaban J connectivity index is 1.94. The Morgan fingerprint density at radius 3 is 2.86 bits per heavy atom. The summed E-state index contributed by atoms with van der Waals surface area (Å²) >= 11 is 1.50. The second-order valence-electron chi connectivity index (χ2n) is 4.24. The minimum Gasteiger partial charge on any atom is -0.461 e. The number of hydrogen-bond donors (Lipinski definition) is 0. The fraction of sp³-hybridized carbons (Fsp3) is 0.133. The topological polar surface area (TPSA) is 57.0 Å². The van der Waals surface area contributed by atoms with Crippen LogP contribution < -0.4 is 0 Å². The fourth-order valence-corrected chi connectivity index (χ4v) is 2.82. The van der Waals surface area contributed by atoms with Crippen LogP contribution >= 0.6 is 11.3 Å². The minimum absolute atomic E-state index is 0.331. The molecule has 0 spiro atoms. The van der Waals surface area contributed by atoms with Gasteiger partial charge in [-0.2, -0.15) is 0 Å². The van der Waals surface area contributed by atoms with Gasteiger partial charge in [-0.25, -0.2) is 14.8 Å². The maximum absolute atomic E-state index is 11.9. The average Bonchev–Trinajstić information content (AvgIpc) is 3.17. The predicted octanol–water partition coefficient (Wildman–Crippen LogP) is 3.17. The van der Waals surface area contributed by atoms with E-state index in [4.69, 9.17) is 4.74 Å². The van der Waals surface area contributed by atoms with Gasteiger partial charge in [-0.1, -0.05) is 41.7 Å². The van der Waals surface area contributed by atoms with Crippen molar-refractivity contribution in [3.63, 3.8) is 0 Å². The first kappa shape index (κ1) is 13.5. The Kier molecular flexibility index (Phi) is 3.79. The molecule has 5 nitrogen and oxygen atoms in total. The zero-order valence-corrected chi connectivity index (χ0v) is 12.2. The third-order valence-electron chi connectivity index (χ3n) is 2.88. The highest BCUT2D eigenvalue weighted by molar-refractivity contribution is 7.17. The number of benzene rings is 1. The molecule has 3 rings (SSSR count). The summed E-state index contributed by atoms with van der Waals surface area (Å²) < 4.78 is 6.66. The molecule has 21 heavy (non-hydrogen) atoms. The van der Waals surface area contributed by atoms with Crippen LogP contribution in [0.4, 0.5) is 0 Å². The highest BCUT2D eigenvalue weighted by Gasteiger charge is 2.16. The zero-order chi connectivity index (χ0) is 14.7. The Morgan fingerprint density at radius 2 is 2.10 bits per heavy atom. The molecule has 0 saturated carbocycles.